The highest BCUT2D eigenvalue weighted by atomic mass is 16.5. The molecule has 0 saturated carbocycles. The van der Waals surface area contributed by atoms with E-state index in [4.69, 9.17) is 4.74 Å². The van der Waals surface area contributed by atoms with Gasteiger partial charge in [-0.3, -0.25) is 0 Å². The van der Waals surface area contributed by atoms with E-state index in [2.05, 4.69) is 34.1 Å². The first-order valence-corrected chi connectivity index (χ1v) is 6.24. The lowest BCUT2D eigenvalue weighted by Crippen LogP contribution is -2.25. The molecule has 1 heterocycles. The molecule has 102 valence electrons. The second kappa shape index (κ2) is 6.37. The minimum atomic E-state index is 0.0420. The van der Waals surface area contributed by atoms with Crippen molar-refractivity contribution in [1.29, 1.82) is 0 Å². The third-order valence-electron chi connectivity index (χ3n) is 2.15. The minimum absolute atomic E-state index is 0.0420. The van der Waals surface area contributed by atoms with E-state index in [0.717, 1.165) is 6.54 Å². The smallest absolute Gasteiger partial charge is 0.323 e. The summed E-state index contributed by atoms with van der Waals surface area (Å²) in [4.78, 5) is 14.8. The maximum Gasteiger partial charge on any atom is 0.323 e. The van der Waals surface area contributed by atoms with Gasteiger partial charge < -0.3 is 15.0 Å². The molecule has 0 aromatic carbocycles. The fraction of sp³-hybridized carbons (Fsp3) is 0.750. The fourth-order valence-corrected chi connectivity index (χ4v) is 1.52. The van der Waals surface area contributed by atoms with Crippen molar-refractivity contribution in [1.82, 2.24) is 15.0 Å². The highest BCUT2D eigenvalue weighted by Crippen LogP contribution is 2.15. The van der Waals surface area contributed by atoms with E-state index >= 15 is 0 Å². The lowest BCUT2D eigenvalue weighted by Gasteiger charge is -2.20. The first-order chi connectivity index (χ1) is 8.42. The predicted molar refractivity (Wildman–Crippen MR) is 73.2 cm³/mol. The summed E-state index contributed by atoms with van der Waals surface area (Å²) in [6.07, 6.45) is 0.0420. The third kappa shape index (κ3) is 4.35. The molecule has 6 heteroatoms. The number of aromatic nitrogens is 3. The van der Waals surface area contributed by atoms with Crippen LogP contribution in [0.4, 0.5) is 11.9 Å². The van der Waals surface area contributed by atoms with Crippen molar-refractivity contribution in [2.75, 3.05) is 30.9 Å². The van der Waals surface area contributed by atoms with Crippen LogP contribution in [0.5, 0.6) is 6.01 Å². The Hall–Kier alpha value is -1.59. The Morgan fingerprint density at radius 1 is 1.17 bits per heavy atom. The zero-order valence-electron chi connectivity index (χ0n) is 12.1. The Balaban J connectivity index is 2.95. The molecule has 18 heavy (non-hydrogen) atoms. The van der Waals surface area contributed by atoms with Gasteiger partial charge in [-0.25, -0.2) is 0 Å². The van der Waals surface area contributed by atoms with Crippen LogP contribution in [0.15, 0.2) is 0 Å². The lowest BCUT2D eigenvalue weighted by molar-refractivity contribution is 0.222. The summed E-state index contributed by atoms with van der Waals surface area (Å²) in [5.41, 5.74) is 0. The number of nitrogens with one attached hydrogen (secondary N) is 1. The van der Waals surface area contributed by atoms with Crippen molar-refractivity contribution >= 4 is 11.9 Å². The van der Waals surface area contributed by atoms with E-state index in [1.165, 1.54) is 0 Å². The Morgan fingerprint density at radius 3 is 2.33 bits per heavy atom. The van der Waals surface area contributed by atoms with Crippen LogP contribution in [0.1, 0.15) is 27.7 Å². The number of hydrogen-bond acceptors (Lipinski definition) is 6. The monoisotopic (exact) mass is 253 g/mol. The average Bonchev–Trinajstić information content (AvgIpc) is 2.26. The maximum absolute atomic E-state index is 5.52. The largest absolute Gasteiger partial charge is 0.461 e. The van der Waals surface area contributed by atoms with E-state index in [1.54, 1.807) is 7.05 Å². The summed E-state index contributed by atoms with van der Waals surface area (Å²) >= 11 is 0. The van der Waals surface area contributed by atoms with Gasteiger partial charge in [-0.15, -0.1) is 0 Å². The molecule has 0 spiro atoms. The van der Waals surface area contributed by atoms with Crippen molar-refractivity contribution in [3.63, 3.8) is 0 Å². The Morgan fingerprint density at radius 2 is 1.83 bits per heavy atom. The Labute approximate surface area is 109 Å². The van der Waals surface area contributed by atoms with Crippen LogP contribution in [0, 0.1) is 5.92 Å². The SMILES string of the molecule is CNc1nc(OC(C)C)nc(N(C)CC(C)C)n1. The molecule has 0 aliphatic carbocycles. The van der Waals surface area contributed by atoms with Crippen LogP contribution < -0.4 is 15.0 Å². The van der Waals surface area contributed by atoms with Gasteiger partial charge in [0.15, 0.2) is 0 Å². The van der Waals surface area contributed by atoms with Crippen molar-refractivity contribution < 1.29 is 4.74 Å². The van der Waals surface area contributed by atoms with E-state index in [9.17, 15) is 0 Å². The second-order valence-electron chi connectivity index (χ2n) is 4.93. The summed E-state index contributed by atoms with van der Waals surface area (Å²) in [6.45, 7) is 9.08. The molecule has 6 nitrogen and oxygen atoms in total. The zero-order valence-corrected chi connectivity index (χ0v) is 12.1. The van der Waals surface area contributed by atoms with Gasteiger partial charge in [0.25, 0.3) is 0 Å². The molecule has 0 bridgehead atoms. The van der Waals surface area contributed by atoms with Crippen molar-refractivity contribution in [3.8, 4) is 6.01 Å². The van der Waals surface area contributed by atoms with Gasteiger partial charge in [0, 0.05) is 20.6 Å². The summed E-state index contributed by atoms with van der Waals surface area (Å²) < 4.78 is 5.52. The normalized spacial score (nSPS) is 10.9. The summed E-state index contributed by atoms with van der Waals surface area (Å²) in [5.74, 6) is 1.68. The van der Waals surface area contributed by atoms with Crippen LogP contribution in [0.2, 0.25) is 0 Å². The van der Waals surface area contributed by atoms with Crippen molar-refractivity contribution in [3.05, 3.63) is 0 Å². The predicted octanol–water partition coefficient (Wildman–Crippen LogP) is 1.79. The van der Waals surface area contributed by atoms with Crippen LogP contribution in [-0.2, 0) is 0 Å². The zero-order chi connectivity index (χ0) is 13.7. The molecular formula is C12H23N5O. The molecule has 0 unspecified atom stereocenters. The Kier molecular flexibility index (Phi) is 5.12. The van der Waals surface area contributed by atoms with Gasteiger partial charge in [-0.1, -0.05) is 13.8 Å². The molecule has 0 aliphatic rings. The van der Waals surface area contributed by atoms with Crippen LogP contribution in [0.25, 0.3) is 0 Å². The fourth-order valence-electron chi connectivity index (χ4n) is 1.52. The standard InChI is InChI=1S/C12H23N5O/c1-8(2)7-17(6)11-14-10(13-5)15-12(16-11)18-9(3)4/h8-9H,7H2,1-6H3,(H,13,14,15,16). The van der Waals surface area contributed by atoms with Gasteiger partial charge in [0.2, 0.25) is 11.9 Å². The average molecular weight is 253 g/mol. The van der Waals surface area contributed by atoms with E-state index in [1.807, 2.05) is 25.8 Å². The van der Waals surface area contributed by atoms with Gasteiger partial charge >= 0.3 is 6.01 Å². The number of anilines is 2. The number of ether oxygens (including phenoxy) is 1. The molecule has 0 aliphatic heterocycles. The van der Waals surface area contributed by atoms with Crippen molar-refractivity contribution in [2.45, 2.75) is 33.8 Å². The van der Waals surface area contributed by atoms with E-state index < -0.39 is 0 Å². The molecular weight excluding hydrogens is 230 g/mol. The first kappa shape index (κ1) is 14.5. The molecule has 0 radical (unpaired) electrons. The van der Waals surface area contributed by atoms with E-state index in [0.29, 0.717) is 23.8 Å². The molecule has 1 rings (SSSR count). The van der Waals surface area contributed by atoms with Crippen LogP contribution in [-0.4, -0.2) is 41.7 Å². The molecule has 1 aromatic heterocycles. The van der Waals surface area contributed by atoms with Crippen LogP contribution in [0.3, 0.4) is 0 Å². The highest BCUT2D eigenvalue weighted by Gasteiger charge is 2.12. The molecule has 0 atom stereocenters. The highest BCUT2D eigenvalue weighted by molar-refractivity contribution is 5.37. The molecule has 0 fully saturated rings. The summed E-state index contributed by atoms with van der Waals surface area (Å²) in [6, 6.07) is 0.356. The minimum Gasteiger partial charge on any atom is -0.461 e. The molecule has 0 amide bonds. The lowest BCUT2D eigenvalue weighted by atomic mass is 10.2. The topological polar surface area (TPSA) is 63.2 Å². The summed E-state index contributed by atoms with van der Waals surface area (Å²) in [5, 5.41) is 2.92. The quantitative estimate of drug-likeness (QED) is 0.834. The van der Waals surface area contributed by atoms with E-state index in [-0.39, 0.29) is 6.10 Å². The number of hydrogen-bond donors (Lipinski definition) is 1. The number of rotatable bonds is 6. The second-order valence-corrected chi connectivity index (χ2v) is 4.93. The van der Waals surface area contributed by atoms with Gasteiger partial charge in [-0.05, 0) is 19.8 Å². The third-order valence-corrected chi connectivity index (χ3v) is 2.15. The summed E-state index contributed by atoms with van der Waals surface area (Å²) in [7, 11) is 3.74. The van der Waals surface area contributed by atoms with Gasteiger partial charge in [0.05, 0.1) is 6.10 Å². The van der Waals surface area contributed by atoms with Gasteiger partial charge in [0.1, 0.15) is 0 Å². The van der Waals surface area contributed by atoms with Gasteiger partial charge in [-0.2, -0.15) is 15.0 Å². The Bertz CT molecular complexity index is 381. The maximum atomic E-state index is 5.52. The molecule has 0 saturated heterocycles. The molecule has 1 N–H and O–H groups in total. The van der Waals surface area contributed by atoms with Crippen LogP contribution >= 0.6 is 0 Å². The first-order valence-electron chi connectivity index (χ1n) is 6.24. The van der Waals surface area contributed by atoms with Crippen molar-refractivity contribution in [2.24, 2.45) is 5.92 Å². The number of nitrogens with zero attached hydrogens (tertiary/aromatic N) is 4. The molecule has 1 aromatic rings.